The first-order chi connectivity index (χ1) is 13.8. The molecule has 2 heterocycles. The number of hydrogen-bond acceptors (Lipinski definition) is 4. The molecule has 1 N–H and O–H groups in total. The Morgan fingerprint density at radius 1 is 0.862 bits per heavy atom. The lowest BCUT2D eigenvalue weighted by atomic mass is 10.0. The second-order valence-corrected chi connectivity index (χ2v) is 7.78. The Balaban J connectivity index is 1.93. The average molecular weight is 388 g/mol. The van der Waals surface area contributed by atoms with Gasteiger partial charge in [0.15, 0.2) is 0 Å². The van der Waals surface area contributed by atoms with Gasteiger partial charge < -0.3 is 10.1 Å². The van der Waals surface area contributed by atoms with Crippen LogP contribution < -0.4 is 5.32 Å². The lowest BCUT2D eigenvalue weighted by Gasteiger charge is -2.25. The topological polar surface area (TPSA) is 75.7 Å². The maximum absolute atomic E-state index is 13.4. The minimum Gasteiger partial charge on any atom is -0.443 e. The number of benzene rings is 2. The van der Waals surface area contributed by atoms with Crippen molar-refractivity contribution in [3.8, 4) is 0 Å². The molecule has 0 fully saturated rings. The molecule has 0 bridgehead atoms. The third-order valence-electron chi connectivity index (χ3n) is 4.53. The first kappa shape index (κ1) is 18.7. The van der Waals surface area contributed by atoms with Gasteiger partial charge in [0, 0.05) is 0 Å². The van der Waals surface area contributed by atoms with E-state index in [9.17, 15) is 14.4 Å². The van der Waals surface area contributed by atoms with Crippen molar-refractivity contribution < 1.29 is 19.1 Å². The highest BCUT2D eigenvalue weighted by atomic mass is 16.6. The summed E-state index contributed by atoms with van der Waals surface area (Å²) in [6.07, 6.45) is -0.809. The zero-order valence-electron chi connectivity index (χ0n) is 16.4. The van der Waals surface area contributed by atoms with Crippen molar-refractivity contribution in [1.82, 2.24) is 10.2 Å². The molecule has 2 aliphatic rings. The maximum Gasteiger partial charge on any atom is 0.422 e. The number of ether oxygens (including phenoxy) is 1. The molecule has 6 nitrogen and oxygen atoms in total. The molecule has 0 unspecified atom stereocenters. The number of fused-ring (bicyclic) bond motifs is 1. The molecule has 0 saturated heterocycles. The molecule has 2 aromatic rings. The van der Waals surface area contributed by atoms with E-state index in [2.05, 4.69) is 5.32 Å². The largest absolute Gasteiger partial charge is 0.443 e. The van der Waals surface area contributed by atoms with E-state index in [1.807, 2.05) is 24.3 Å². The number of nitrogens with zero attached hydrogens (tertiary/aromatic N) is 1. The minimum atomic E-state index is -0.809. The van der Waals surface area contributed by atoms with Crippen molar-refractivity contribution >= 4 is 29.3 Å². The number of rotatable bonds is 2. The van der Waals surface area contributed by atoms with E-state index in [1.54, 1.807) is 57.2 Å². The summed E-state index contributed by atoms with van der Waals surface area (Å²) in [5.41, 5.74) is 1.49. The third-order valence-corrected chi connectivity index (χ3v) is 4.53. The Kier molecular flexibility index (Phi) is 4.34. The molecule has 0 saturated carbocycles. The molecule has 0 atom stereocenters. The van der Waals surface area contributed by atoms with Crippen LogP contribution in [0.3, 0.4) is 0 Å². The quantitative estimate of drug-likeness (QED) is 0.851. The maximum atomic E-state index is 13.4. The molecule has 4 rings (SSSR count). The molecule has 146 valence electrons. The molecular formula is C23H20N2O4. The van der Waals surface area contributed by atoms with Crippen LogP contribution in [0.4, 0.5) is 4.79 Å². The predicted octanol–water partition coefficient (Wildman–Crippen LogP) is 3.72. The van der Waals surface area contributed by atoms with Crippen molar-refractivity contribution in [3.05, 3.63) is 82.9 Å². The molecule has 0 aliphatic carbocycles. The van der Waals surface area contributed by atoms with E-state index < -0.39 is 23.5 Å². The van der Waals surface area contributed by atoms with E-state index in [1.165, 1.54) is 0 Å². The molecule has 0 aromatic heterocycles. The van der Waals surface area contributed by atoms with Crippen LogP contribution in [0.25, 0.3) is 11.4 Å². The van der Waals surface area contributed by atoms with Crippen molar-refractivity contribution in [2.45, 2.75) is 26.4 Å². The van der Waals surface area contributed by atoms with Gasteiger partial charge in [0.05, 0.1) is 22.5 Å². The van der Waals surface area contributed by atoms with Crippen molar-refractivity contribution in [2.24, 2.45) is 0 Å². The Labute approximate surface area is 168 Å². The van der Waals surface area contributed by atoms with E-state index in [0.717, 1.165) is 4.90 Å². The predicted molar refractivity (Wildman–Crippen MR) is 108 cm³/mol. The molecule has 3 amide bonds. The van der Waals surface area contributed by atoms with Crippen LogP contribution in [0.2, 0.25) is 0 Å². The fourth-order valence-corrected chi connectivity index (χ4v) is 3.41. The summed E-state index contributed by atoms with van der Waals surface area (Å²) in [5.74, 6) is -0.998. The van der Waals surface area contributed by atoms with Gasteiger partial charge in [-0.2, -0.15) is 0 Å². The highest BCUT2D eigenvalue weighted by Gasteiger charge is 2.48. The van der Waals surface area contributed by atoms with E-state index in [0.29, 0.717) is 16.8 Å². The van der Waals surface area contributed by atoms with Crippen LogP contribution in [-0.2, 0) is 14.3 Å². The fourth-order valence-electron chi connectivity index (χ4n) is 3.41. The molecule has 0 spiro atoms. The van der Waals surface area contributed by atoms with E-state index in [4.69, 9.17) is 4.74 Å². The van der Waals surface area contributed by atoms with Crippen LogP contribution >= 0.6 is 0 Å². The SMILES string of the molecule is CC(C)(C)OC(=O)N1C(=O)C2=C(c3ccccc3)NC(=O)C2=C1c1ccccc1. The van der Waals surface area contributed by atoms with Gasteiger partial charge in [-0.3, -0.25) is 9.59 Å². The van der Waals surface area contributed by atoms with Crippen molar-refractivity contribution in [1.29, 1.82) is 0 Å². The molecule has 6 heteroatoms. The molecule has 2 aliphatic heterocycles. The molecular weight excluding hydrogens is 368 g/mol. The van der Waals surface area contributed by atoms with Crippen LogP contribution in [0, 0.1) is 0 Å². The van der Waals surface area contributed by atoms with Crippen LogP contribution in [0.1, 0.15) is 31.9 Å². The summed E-state index contributed by atoms with van der Waals surface area (Å²) in [5, 5.41) is 2.79. The van der Waals surface area contributed by atoms with Gasteiger partial charge in [-0.05, 0) is 31.9 Å². The van der Waals surface area contributed by atoms with Gasteiger partial charge in [0.1, 0.15) is 5.60 Å². The number of carbonyl (C=O) groups excluding carboxylic acids is 3. The van der Waals surface area contributed by atoms with Gasteiger partial charge in [0.25, 0.3) is 11.8 Å². The summed E-state index contributed by atoms with van der Waals surface area (Å²) >= 11 is 0. The van der Waals surface area contributed by atoms with Gasteiger partial charge in [-0.1, -0.05) is 60.7 Å². The zero-order chi connectivity index (χ0) is 20.8. The Morgan fingerprint density at radius 2 is 1.41 bits per heavy atom. The summed E-state index contributed by atoms with van der Waals surface area (Å²) in [4.78, 5) is 40.1. The lowest BCUT2D eigenvalue weighted by Crippen LogP contribution is -2.38. The van der Waals surface area contributed by atoms with Gasteiger partial charge in [0.2, 0.25) is 0 Å². The summed E-state index contributed by atoms with van der Waals surface area (Å²) < 4.78 is 5.46. The summed E-state index contributed by atoms with van der Waals surface area (Å²) in [7, 11) is 0. The number of carbonyl (C=O) groups is 3. The van der Waals surface area contributed by atoms with Crippen molar-refractivity contribution in [2.75, 3.05) is 0 Å². The summed E-state index contributed by atoms with van der Waals surface area (Å²) in [6.45, 7) is 5.18. The standard InChI is InChI=1S/C23H20N2O4/c1-23(2,3)29-22(28)25-19(15-12-8-5-9-13-15)17-16(21(25)27)18(24-20(17)26)14-10-6-4-7-11-14/h4-13H,1-3H3,(H,24,26). The first-order valence-corrected chi connectivity index (χ1v) is 9.26. The monoisotopic (exact) mass is 388 g/mol. The number of hydrogen-bond donors (Lipinski definition) is 1. The van der Waals surface area contributed by atoms with E-state index in [-0.39, 0.29) is 16.8 Å². The normalized spacial score (nSPS) is 16.3. The average Bonchev–Trinajstić information content (AvgIpc) is 3.18. The lowest BCUT2D eigenvalue weighted by molar-refractivity contribution is -0.122. The van der Waals surface area contributed by atoms with Gasteiger partial charge in [-0.25, -0.2) is 9.69 Å². The first-order valence-electron chi connectivity index (χ1n) is 9.26. The number of imide groups is 1. The van der Waals surface area contributed by atoms with Gasteiger partial charge in [-0.15, -0.1) is 0 Å². The highest BCUT2D eigenvalue weighted by Crippen LogP contribution is 2.43. The van der Waals surface area contributed by atoms with Crippen LogP contribution in [-0.4, -0.2) is 28.4 Å². The zero-order valence-corrected chi connectivity index (χ0v) is 16.4. The summed E-state index contributed by atoms with van der Waals surface area (Å²) in [6, 6.07) is 18.0. The van der Waals surface area contributed by atoms with Gasteiger partial charge >= 0.3 is 6.09 Å². The molecule has 0 radical (unpaired) electrons. The van der Waals surface area contributed by atoms with Crippen LogP contribution in [0.5, 0.6) is 0 Å². The second kappa shape index (κ2) is 6.74. The smallest absolute Gasteiger partial charge is 0.422 e. The Hall–Kier alpha value is -3.67. The highest BCUT2D eigenvalue weighted by molar-refractivity contribution is 6.33. The molecule has 29 heavy (non-hydrogen) atoms. The second-order valence-electron chi connectivity index (χ2n) is 7.78. The molecule has 2 aromatic carbocycles. The van der Waals surface area contributed by atoms with Crippen LogP contribution in [0.15, 0.2) is 71.8 Å². The third kappa shape index (κ3) is 3.23. The Bertz CT molecular complexity index is 1080. The minimum absolute atomic E-state index is 0.186. The fraction of sp³-hybridized carbons (Fsp3) is 0.174. The Morgan fingerprint density at radius 3 is 1.97 bits per heavy atom. The van der Waals surface area contributed by atoms with E-state index >= 15 is 0 Å². The number of amides is 3. The van der Waals surface area contributed by atoms with Crippen molar-refractivity contribution in [3.63, 3.8) is 0 Å². The number of nitrogens with one attached hydrogen (secondary N) is 1.